The summed E-state index contributed by atoms with van der Waals surface area (Å²) in [6.07, 6.45) is 1.89. The first kappa shape index (κ1) is 16.5. The van der Waals surface area contributed by atoms with E-state index in [1.54, 1.807) is 19.1 Å². The monoisotopic (exact) mass is 333 g/mol. The van der Waals surface area contributed by atoms with Crippen LogP contribution in [0.1, 0.15) is 30.3 Å². The van der Waals surface area contributed by atoms with Crippen LogP contribution < -0.4 is 5.32 Å². The lowest BCUT2D eigenvalue weighted by Crippen LogP contribution is -2.43. The molecule has 3 rings (SSSR count). The summed E-state index contributed by atoms with van der Waals surface area (Å²) in [4.78, 5) is 12.8. The molecular weight excluding hydrogens is 313 g/mol. The predicted octanol–water partition coefficient (Wildman–Crippen LogP) is 1.20. The van der Waals surface area contributed by atoms with E-state index in [9.17, 15) is 9.18 Å². The van der Waals surface area contributed by atoms with E-state index < -0.39 is 6.04 Å². The molecule has 1 aliphatic rings. The average molecular weight is 333 g/mol. The van der Waals surface area contributed by atoms with Gasteiger partial charge in [-0.1, -0.05) is 12.1 Å². The van der Waals surface area contributed by atoms with E-state index >= 15 is 0 Å². The Morgan fingerprint density at radius 2 is 2.25 bits per heavy atom. The van der Waals surface area contributed by atoms with Crippen molar-refractivity contribution in [2.45, 2.75) is 38.3 Å². The van der Waals surface area contributed by atoms with Crippen LogP contribution in [0.4, 0.5) is 4.39 Å². The van der Waals surface area contributed by atoms with Crippen LogP contribution in [0.2, 0.25) is 0 Å². The highest BCUT2D eigenvalue weighted by atomic mass is 19.1. The summed E-state index contributed by atoms with van der Waals surface area (Å²) in [7, 11) is 0. The average Bonchev–Trinajstić information content (AvgIpc) is 2.99. The molecular formula is C16H20FN5O2. The molecule has 1 unspecified atom stereocenters. The van der Waals surface area contributed by atoms with Gasteiger partial charge >= 0.3 is 0 Å². The second-order valence-electron chi connectivity index (χ2n) is 5.92. The summed E-state index contributed by atoms with van der Waals surface area (Å²) in [5, 5.41) is 14.4. The lowest BCUT2D eigenvalue weighted by molar-refractivity contribution is -0.126. The normalized spacial score (nSPS) is 16.8. The predicted molar refractivity (Wildman–Crippen MR) is 83.7 cm³/mol. The maximum Gasteiger partial charge on any atom is 0.245 e. The topological polar surface area (TPSA) is 81.9 Å². The van der Waals surface area contributed by atoms with Gasteiger partial charge in [-0.15, -0.1) is 5.10 Å². The van der Waals surface area contributed by atoms with Crippen LogP contribution in [-0.2, 0) is 16.0 Å². The molecule has 1 saturated heterocycles. The van der Waals surface area contributed by atoms with Crippen molar-refractivity contribution in [1.82, 2.24) is 25.5 Å². The molecule has 1 aromatic carbocycles. The van der Waals surface area contributed by atoms with E-state index in [0.29, 0.717) is 25.5 Å². The SMILES string of the molecule is Cc1nnnn1C(Cc1cccc(F)c1)C(=O)NC1CCOCC1. The third kappa shape index (κ3) is 3.94. The Hall–Kier alpha value is -2.35. The van der Waals surface area contributed by atoms with E-state index in [0.717, 1.165) is 18.4 Å². The van der Waals surface area contributed by atoms with E-state index in [4.69, 9.17) is 4.74 Å². The van der Waals surface area contributed by atoms with Gasteiger partial charge in [0, 0.05) is 25.7 Å². The van der Waals surface area contributed by atoms with Crippen LogP contribution in [0.15, 0.2) is 24.3 Å². The number of aryl methyl sites for hydroxylation is 1. The number of benzene rings is 1. The van der Waals surface area contributed by atoms with Gasteiger partial charge in [0.25, 0.3) is 0 Å². The number of nitrogens with zero attached hydrogens (tertiary/aromatic N) is 4. The fourth-order valence-corrected chi connectivity index (χ4v) is 2.84. The molecule has 1 amide bonds. The Kier molecular flexibility index (Phi) is 5.14. The molecule has 0 radical (unpaired) electrons. The minimum absolute atomic E-state index is 0.0815. The number of amides is 1. The van der Waals surface area contributed by atoms with Crippen molar-refractivity contribution in [2.75, 3.05) is 13.2 Å². The lowest BCUT2D eigenvalue weighted by atomic mass is 10.0. The zero-order valence-corrected chi connectivity index (χ0v) is 13.5. The summed E-state index contributed by atoms with van der Waals surface area (Å²) in [6, 6.07) is 5.68. The number of nitrogens with one attached hydrogen (secondary N) is 1. The molecule has 1 N–H and O–H groups in total. The first-order chi connectivity index (χ1) is 11.6. The molecule has 7 nitrogen and oxygen atoms in total. The Balaban J connectivity index is 1.79. The van der Waals surface area contributed by atoms with E-state index in [1.807, 2.05) is 0 Å². The third-order valence-corrected chi connectivity index (χ3v) is 4.14. The Bertz CT molecular complexity index is 699. The fraction of sp³-hybridized carbons (Fsp3) is 0.500. The molecule has 128 valence electrons. The number of tetrazole rings is 1. The molecule has 1 fully saturated rings. The van der Waals surface area contributed by atoms with Gasteiger partial charge in [-0.25, -0.2) is 9.07 Å². The molecule has 0 spiro atoms. The Morgan fingerprint density at radius 1 is 1.46 bits per heavy atom. The largest absolute Gasteiger partial charge is 0.381 e. The van der Waals surface area contributed by atoms with Gasteiger partial charge in [-0.2, -0.15) is 0 Å². The van der Waals surface area contributed by atoms with Crippen LogP contribution in [-0.4, -0.2) is 45.4 Å². The van der Waals surface area contributed by atoms with Gasteiger partial charge < -0.3 is 10.1 Å². The van der Waals surface area contributed by atoms with Crippen molar-refractivity contribution in [3.63, 3.8) is 0 Å². The Morgan fingerprint density at radius 3 is 2.92 bits per heavy atom. The summed E-state index contributed by atoms with van der Waals surface area (Å²) in [6.45, 7) is 3.02. The van der Waals surface area contributed by atoms with Crippen LogP contribution in [0.25, 0.3) is 0 Å². The standard InChI is InChI=1S/C16H20FN5O2/c1-11-19-20-21-22(11)15(10-12-3-2-4-13(17)9-12)16(23)18-14-5-7-24-8-6-14/h2-4,9,14-15H,5-8,10H2,1H3,(H,18,23). The Labute approximate surface area is 139 Å². The van der Waals surface area contributed by atoms with Gasteiger partial charge in [0.15, 0.2) is 0 Å². The van der Waals surface area contributed by atoms with Crippen LogP contribution in [0, 0.1) is 12.7 Å². The maximum absolute atomic E-state index is 13.5. The second kappa shape index (κ2) is 7.48. The molecule has 0 bridgehead atoms. The number of carbonyl (C=O) groups excluding carboxylic acids is 1. The minimum atomic E-state index is -0.621. The highest BCUT2D eigenvalue weighted by Gasteiger charge is 2.27. The third-order valence-electron chi connectivity index (χ3n) is 4.14. The number of carbonyl (C=O) groups is 1. The van der Waals surface area contributed by atoms with Gasteiger partial charge in [-0.3, -0.25) is 4.79 Å². The maximum atomic E-state index is 13.5. The molecule has 1 aromatic heterocycles. The summed E-state index contributed by atoms with van der Waals surface area (Å²) in [5.41, 5.74) is 0.719. The molecule has 0 saturated carbocycles. The van der Waals surface area contributed by atoms with Crippen molar-refractivity contribution < 1.29 is 13.9 Å². The second-order valence-corrected chi connectivity index (χ2v) is 5.92. The van der Waals surface area contributed by atoms with Gasteiger partial charge in [0.2, 0.25) is 5.91 Å². The van der Waals surface area contributed by atoms with Gasteiger partial charge in [-0.05, 0) is 47.9 Å². The molecule has 1 aliphatic heterocycles. The zero-order valence-electron chi connectivity index (χ0n) is 13.5. The van der Waals surface area contributed by atoms with Crippen molar-refractivity contribution in [3.05, 3.63) is 41.5 Å². The quantitative estimate of drug-likeness (QED) is 0.889. The number of rotatable bonds is 5. The van der Waals surface area contributed by atoms with Crippen molar-refractivity contribution in [2.24, 2.45) is 0 Å². The smallest absolute Gasteiger partial charge is 0.245 e. The summed E-state index contributed by atoms with van der Waals surface area (Å²) in [5.74, 6) is 0.0459. The first-order valence-corrected chi connectivity index (χ1v) is 8.00. The number of halogens is 1. The van der Waals surface area contributed by atoms with Gasteiger partial charge in [0.1, 0.15) is 17.7 Å². The summed E-state index contributed by atoms with van der Waals surface area (Å²) < 4.78 is 20.2. The fourth-order valence-electron chi connectivity index (χ4n) is 2.84. The zero-order chi connectivity index (χ0) is 16.9. The molecule has 2 aromatic rings. The molecule has 2 heterocycles. The van der Waals surface area contributed by atoms with Gasteiger partial charge in [0.05, 0.1) is 0 Å². The van der Waals surface area contributed by atoms with Crippen LogP contribution in [0.5, 0.6) is 0 Å². The number of hydrogen-bond acceptors (Lipinski definition) is 5. The highest BCUT2D eigenvalue weighted by Crippen LogP contribution is 2.17. The number of aromatic nitrogens is 4. The first-order valence-electron chi connectivity index (χ1n) is 8.00. The van der Waals surface area contributed by atoms with E-state index in [1.165, 1.54) is 16.8 Å². The number of hydrogen-bond donors (Lipinski definition) is 1. The van der Waals surface area contributed by atoms with Crippen molar-refractivity contribution in [1.29, 1.82) is 0 Å². The molecule has 0 aliphatic carbocycles. The highest BCUT2D eigenvalue weighted by molar-refractivity contribution is 5.80. The molecule has 1 atom stereocenters. The number of ether oxygens (including phenoxy) is 1. The minimum Gasteiger partial charge on any atom is -0.381 e. The summed E-state index contributed by atoms with van der Waals surface area (Å²) >= 11 is 0. The van der Waals surface area contributed by atoms with Crippen molar-refractivity contribution >= 4 is 5.91 Å². The van der Waals surface area contributed by atoms with E-state index in [-0.39, 0.29) is 17.8 Å². The van der Waals surface area contributed by atoms with Crippen molar-refractivity contribution in [3.8, 4) is 0 Å². The van der Waals surface area contributed by atoms with Crippen LogP contribution >= 0.6 is 0 Å². The van der Waals surface area contributed by atoms with E-state index in [2.05, 4.69) is 20.8 Å². The molecule has 24 heavy (non-hydrogen) atoms. The lowest BCUT2D eigenvalue weighted by Gasteiger charge is -2.26. The van der Waals surface area contributed by atoms with Crippen LogP contribution in [0.3, 0.4) is 0 Å². The molecule has 8 heteroatoms.